The van der Waals surface area contributed by atoms with Crippen LogP contribution in [0.15, 0.2) is 5.10 Å². The van der Waals surface area contributed by atoms with E-state index in [2.05, 4.69) is 11.0 Å². The van der Waals surface area contributed by atoms with E-state index in [0.29, 0.717) is 31.6 Å². The van der Waals surface area contributed by atoms with Crippen LogP contribution in [0.1, 0.15) is 13.3 Å². The maximum atomic E-state index is 10.6. The van der Waals surface area contributed by atoms with Crippen molar-refractivity contribution in [1.82, 2.24) is 9.80 Å². The molecule has 2 unspecified atom stereocenters. The minimum Gasteiger partial charge on any atom is -0.378 e. The van der Waals surface area contributed by atoms with Crippen molar-refractivity contribution in [2.45, 2.75) is 19.4 Å². The van der Waals surface area contributed by atoms with Crippen LogP contribution < -0.4 is 0 Å². The largest absolute Gasteiger partial charge is 0.378 e. The van der Waals surface area contributed by atoms with Gasteiger partial charge in [-0.15, -0.1) is 6.42 Å². The quantitative estimate of drug-likeness (QED) is 0.413. The van der Waals surface area contributed by atoms with E-state index in [1.165, 1.54) is 0 Å². The van der Waals surface area contributed by atoms with Gasteiger partial charge in [-0.05, 0) is 13.3 Å². The molecule has 7 nitrogen and oxygen atoms in total. The van der Waals surface area contributed by atoms with Crippen LogP contribution in [0.25, 0.3) is 0 Å². The first-order valence-corrected chi connectivity index (χ1v) is 6.38. The number of guanidine groups is 1. The van der Waals surface area contributed by atoms with Crippen molar-refractivity contribution in [3.8, 4) is 12.3 Å². The highest BCUT2D eigenvalue weighted by molar-refractivity contribution is 5.81. The van der Waals surface area contributed by atoms with Gasteiger partial charge in [-0.25, -0.2) is 10.1 Å². The number of hydrazone groups is 1. The maximum Gasteiger partial charge on any atom is 0.274 e. The molecule has 2 heterocycles. The van der Waals surface area contributed by atoms with Gasteiger partial charge in [0.1, 0.15) is 5.10 Å². The summed E-state index contributed by atoms with van der Waals surface area (Å²) in [6.07, 6.45) is 6.53. The lowest BCUT2D eigenvalue weighted by atomic mass is 10.1. The Labute approximate surface area is 112 Å². The van der Waals surface area contributed by atoms with Crippen molar-refractivity contribution in [3.05, 3.63) is 10.1 Å². The molecule has 7 heteroatoms. The second-order valence-electron chi connectivity index (χ2n) is 4.96. The van der Waals surface area contributed by atoms with Crippen molar-refractivity contribution >= 4 is 5.96 Å². The highest BCUT2D eigenvalue weighted by Gasteiger charge is 2.32. The molecule has 2 aliphatic heterocycles. The predicted molar refractivity (Wildman–Crippen MR) is 69.9 cm³/mol. The van der Waals surface area contributed by atoms with Crippen LogP contribution >= 0.6 is 0 Å². The lowest BCUT2D eigenvalue weighted by molar-refractivity contribution is -0.486. The van der Waals surface area contributed by atoms with Crippen molar-refractivity contribution in [2.24, 2.45) is 11.0 Å². The fourth-order valence-corrected chi connectivity index (χ4v) is 2.62. The van der Waals surface area contributed by atoms with Gasteiger partial charge in [0.05, 0.1) is 19.3 Å². The average molecular weight is 266 g/mol. The monoisotopic (exact) mass is 266 g/mol. The number of hydrogen-bond acceptors (Lipinski definition) is 3. The van der Waals surface area contributed by atoms with E-state index in [4.69, 9.17) is 11.2 Å². The summed E-state index contributed by atoms with van der Waals surface area (Å²) in [6, 6.07) is 0. The van der Waals surface area contributed by atoms with E-state index >= 15 is 0 Å². The zero-order valence-corrected chi connectivity index (χ0v) is 11.0. The van der Waals surface area contributed by atoms with E-state index in [-0.39, 0.29) is 6.10 Å². The molecule has 0 aliphatic carbocycles. The maximum absolute atomic E-state index is 10.6. The fraction of sp³-hybridized carbons (Fsp3) is 0.750. The van der Waals surface area contributed by atoms with Crippen LogP contribution in [0.2, 0.25) is 0 Å². The van der Waals surface area contributed by atoms with Gasteiger partial charge < -0.3 is 14.5 Å². The summed E-state index contributed by atoms with van der Waals surface area (Å²) >= 11 is 0. The smallest absolute Gasteiger partial charge is 0.274 e. The summed E-state index contributed by atoms with van der Waals surface area (Å²) in [7, 11) is 0. The number of terminal acetylenes is 1. The third-order valence-electron chi connectivity index (χ3n) is 3.42. The number of hydrogen-bond donors (Lipinski definition) is 0. The number of nitrogens with zero attached hydrogens (tertiary/aromatic N) is 4. The van der Waals surface area contributed by atoms with E-state index in [1.807, 2.05) is 11.8 Å². The zero-order valence-electron chi connectivity index (χ0n) is 11.0. The van der Waals surface area contributed by atoms with Gasteiger partial charge >= 0.3 is 0 Å². The standard InChI is InChI=1S/C12H18N4O3/c1-3-4-14-5-6-15(12(14)13-16(17)18)8-11-7-10(2)19-9-11/h1,10-11H,4-9H2,2H3. The molecule has 0 amide bonds. The van der Waals surface area contributed by atoms with Crippen LogP contribution in [-0.2, 0) is 4.74 Å². The van der Waals surface area contributed by atoms with Crippen LogP contribution in [0, 0.1) is 28.4 Å². The highest BCUT2D eigenvalue weighted by Crippen LogP contribution is 2.22. The molecule has 0 saturated carbocycles. The van der Waals surface area contributed by atoms with E-state index < -0.39 is 5.03 Å². The Bertz CT molecular complexity index is 418. The SMILES string of the molecule is C#CCN1CCN(CC2COC(C)C2)C1=N[N+](=O)[O-]. The zero-order chi connectivity index (χ0) is 13.8. The molecule has 2 aliphatic rings. The molecule has 0 spiro atoms. The van der Waals surface area contributed by atoms with Crippen molar-refractivity contribution < 1.29 is 9.77 Å². The molecule has 0 aromatic carbocycles. The Hall–Kier alpha value is -1.81. The summed E-state index contributed by atoms with van der Waals surface area (Å²) in [4.78, 5) is 14.3. The number of ether oxygens (including phenoxy) is 1. The third-order valence-corrected chi connectivity index (χ3v) is 3.42. The van der Waals surface area contributed by atoms with Crippen molar-refractivity contribution in [1.29, 1.82) is 0 Å². The molecular formula is C12H18N4O3. The van der Waals surface area contributed by atoms with Gasteiger partial charge in [-0.3, -0.25) is 0 Å². The van der Waals surface area contributed by atoms with Gasteiger partial charge in [-0.1, -0.05) is 5.92 Å². The number of nitro groups is 1. The lowest BCUT2D eigenvalue weighted by Crippen LogP contribution is -2.37. The first-order chi connectivity index (χ1) is 9.10. The van der Waals surface area contributed by atoms with E-state index in [1.54, 1.807) is 4.90 Å². The summed E-state index contributed by atoms with van der Waals surface area (Å²) in [5.41, 5.74) is 0. The topological polar surface area (TPSA) is 71.2 Å². The molecule has 0 radical (unpaired) electrons. The molecule has 104 valence electrons. The Balaban J connectivity index is 2.03. The second kappa shape index (κ2) is 5.89. The Morgan fingerprint density at radius 3 is 2.89 bits per heavy atom. The minimum atomic E-state index is -0.662. The van der Waals surface area contributed by atoms with E-state index in [0.717, 1.165) is 19.5 Å². The summed E-state index contributed by atoms with van der Waals surface area (Å²) in [5.74, 6) is 3.28. The van der Waals surface area contributed by atoms with Crippen LogP contribution in [0.4, 0.5) is 0 Å². The fourth-order valence-electron chi connectivity index (χ4n) is 2.62. The molecule has 2 fully saturated rings. The average Bonchev–Trinajstić information content (AvgIpc) is 2.90. The van der Waals surface area contributed by atoms with Gasteiger partial charge in [-0.2, -0.15) is 0 Å². The predicted octanol–water partition coefficient (Wildman–Crippen LogP) is 0.210. The molecule has 2 rings (SSSR count). The number of rotatable bonds is 4. The normalized spacial score (nSPS) is 28.9. The molecule has 19 heavy (non-hydrogen) atoms. The van der Waals surface area contributed by atoms with Crippen LogP contribution in [-0.4, -0.2) is 59.7 Å². The summed E-state index contributed by atoms with van der Waals surface area (Å²) < 4.78 is 5.52. The summed E-state index contributed by atoms with van der Waals surface area (Å²) in [5, 5.41) is 13.4. The Morgan fingerprint density at radius 1 is 1.58 bits per heavy atom. The molecule has 2 atom stereocenters. The second-order valence-corrected chi connectivity index (χ2v) is 4.96. The molecule has 0 bridgehead atoms. The highest BCUT2D eigenvalue weighted by atomic mass is 16.7. The molecular weight excluding hydrogens is 248 g/mol. The van der Waals surface area contributed by atoms with E-state index in [9.17, 15) is 10.1 Å². The molecule has 2 saturated heterocycles. The first-order valence-electron chi connectivity index (χ1n) is 6.38. The molecule has 0 aromatic rings. The van der Waals surface area contributed by atoms with Crippen molar-refractivity contribution in [2.75, 3.05) is 32.8 Å². The summed E-state index contributed by atoms with van der Waals surface area (Å²) in [6.45, 7) is 5.23. The van der Waals surface area contributed by atoms with Gasteiger partial charge in [0.15, 0.2) is 5.03 Å². The molecule has 0 N–H and O–H groups in total. The van der Waals surface area contributed by atoms with Gasteiger partial charge in [0.25, 0.3) is 5.96 Å². The van der Waals surface area contributed by atoms with Gasteiger partial charge in [0, 0.05) is 25.6 Å². The van der Waals surface area contributed by atoms with Gasteiger partial charge in [0.2, 0.25) is 0 Å². The first kappa shape index (κ1) is 13.6. The van der Waals surface area contributed by atoms with Crippen LogP contribution in [0.5, 0.6) is 0 Å². The molecule has 0 aromatic heterocycles. The third kappa shape index (κ3) is 3.35. The Morgan fingerprint density at radius 2 is 2.32 bits per heavy atom. The lowest BCUT2D eigenvalue weighted by Gasteiger charge is -2.21. The van der Waals surface area contributed by atoms with Crippen molar-refractivity contribution in [3.63, 3.8) is 0 Å². The Kier molecular flexibility index (Phi) is 4.22. The minimum absolute atomic E-state index is 0.269. The van der Waals surface area contributed by atoms with Crippen LogP contribution in [0.3, 0.4) is 0 Å².